The maximum atomic E-state index is 12.3. The molecule has 2 aromatic carbocycles. The Labute approximate surface area is 143 Å². The van der Waals surface area contributed by atoms with Gasteiger partial charge in [0.15, 0.2) is 0 Å². The van der Waals surface area contributed by atoms with Crippen LogP contribution in [-0.4, -0.2) is 29.3 Å². The summed E-state index contributed by atoms with van der Waals surface area (Å²) in [7, 11) is -4.15. The van der Waals surface area contributed by atoms with Crippen LogP contribution in [0.3, 0.4) is 0 Å². The summed E-state index contributed by atoms with van der Waals surface area (Å²) in [5.74, 6) is -0.316. The molecule has 2 rings (SSSR count). The van der Waals surface area contributed by atoms with E-state index in [1.165, 1.54) is 44.2 Å². The number of hydrazone groups is 1. The highest BCUT2D eigenvalue weighted by atomic mass is 32.2. The Bertz CT molecular complexity index is 969. The van der Waals surface area contributed by atoms with Crippen molar-refractivity contribution < 1.29 is 23.6 Å². The lowest BCUT2D eigenvalue weighted by Gasteiger charge is -2.07. The van der Waals surface area contributed by atoms with E-state index < -0.39 is 14.9 Å². The van der Waals surface area contributed by atoms with E-state index in [0.717, 1.165) is 6.07 Å². The van der Waals surface area contributed by atoms with Gasteiger partial charge in [-0.1, -0.05) is 6.07 Å². The fourth-order valence-electron chi connectivity index (χ4n) is 2.01. The zero-order chi connectivity index (χ0) is 18.8. The summed E-state index contributed by atoms with van der Waals surface area (Å²) in [4.78, 5) is 11.9. The molecule has 25 heavy (non-hydrogen) atoms. The monoisotopic (exact) mass is 365 g/mol. The molecular formula is C15H15N3O6S. The molecule has 0 heterocycles. The van der Waals surface area contributed by atoms with E-state index >= 15 is 0 Å². The molecule has 0 aliphatic carbocycles. The normalized spacial score (nSPS) is 12.0. The number of benzene rings is 2. The molecule has 0 fully saturated rings. The molecule has 0 aromatic heterocycles. The van der Waals surface area contributed by atoms with Gasteiger partial charge in [0.05, 0.1) is 15.5 Å². The standard InChI is InChI=1S/C15H15N3O6S/c1-9-3-5-12(8-14(9)18(21)22)25(23,24)17-16-10(2)13-7-11(19)4-6-15(13)20/h3-8,17,19-20H,1-2H3/b16-10+. The number of phenols is 2. The third kappa shape index (κ3) is 4.04. The lowest BCUT2D eigenvalue weighted by atomic mass is 10.1. The van der Waals surface area contributed by atoms with Gasteiger partial charge in [-0.3, -0.25) is 10.1 Å². The van der Waals surface area contributed by atoms with Crippen molar-refractivity contribution >= 4 is 21.4 Å². The number of phenolic OH excluding ortho intramolecular Hbond substituents is 2. The predicted octanol–water partition coefficient (Wildman–Crippen LogP) is 2.02. The van der Waals surface area contributed by atoms with Crippen molar-refractivity contribution in [3.05, 3.63) is 57.6 Å². The quantitative estimate of drug-likeness (QED) is 0.320. The number of sulfonamides is 1. The Morgan fingerprint density at radius 1 is 1.20 bits per heavy atom. The SMILES string of the molecule is C/C(=N\NS(=O)(=O)c1ccc(C)c([N+](=O)[O-])c1)c1cc(O)ccc1O. The summed E-state index contributed by atoms with van der Waals surface area (Å²) in [6.07, 6.45) is 0. The van der Waals surface area contributed by atoms with Crippen LogP contribution in [0.15, 0.2) is 46.4 Å². The average molecular weight is 365 g/mol. The molecule has 0 saturated carbocycles. The van der Waals surface area contributed by atoms with Crippen molar-refractivity contribution in [2.75, 3.05) is 0 Å². The average Bonchev–Trinajstić information content (AvgIpc) is 2.55. The lowest BCUT2D eigenvalue weighted by molar-refractivity contribution is -0.385. The van der Waals surface area contributed by atoms with Crippen LogP contribution in [0.2, 0.25) is 0 Å². The number of hydrogen-bond donors (Lipinski definition) is 3. The lowest BCUT2D eigenvalue weighted by Crippen LogP contribution is -2.20. The Balaban J connectivity index is 2.34. The van der Waals surface area contributed by atoms with Gasteiger partial charge in [0.1, 0.15) is 11.5 Å². The highest BCUT2D eigenvalue weighted by Crippen LogP contribution is 2.24. The molecule has 132 valence electrons. The van der Waals surface area contributed by atoms with Crippen molar-refractivity contribution in [1.29, 1.82) is 0 Å². The molecule has 0 aliphatic heterocycles. The molecule has 0 aliphatic rings. The number of aromatic hydroxyl groups is 2. The van der Waals surface area contributed by atoms with Crippen molar-refractivity contribution in [2.45, 2.75) is 18.7 Å². The molecule has 0 radical (unpaired) electrons. The summed E-state index contributed by atoms with van der Waals surface area (Å²) in [6.45, 7) is 2.92. The topological polar surface area (TPSA) is 142 Å². The van der Waals surface area contributed by atoms with Crippen molar-refractivity contribution in [3.63, 3.8) is 0 Å². The van der Waals surface area contributed by atoms with Crippen LogP contribution in [0.1, 0.15) is 18.1 Å². The van der Waals surface area contributed by atoms with E-state index in [9.17, 15) is 28.7 Å². The number of rotatable bonds is 5. The van der Waals surface area contributed by atoms with Crippen LogP contribution in [-0.2, 0) is 10.0 Å². The minimum atomic E-state index is -4.15. The second-order valence-electron chi connectivity index (χ2n) is 5.20. The van der Waals surface area contributed by atoms with Gasteiger partial charge in [-0.2, -0.15) is 18.4 Å². The van der Waals surface area contributed by atoms with Crippen molar-refractivity contribution in [3.8, 4) is 11.5 Å². The van der Waals surface area contributed by atoms with E-state index in [-0.39, 0.29) is 33.4 Å². The highest BCUT2D eigenvalue weighted by molar-refractivity contribution is 7.89. The Morgan fingerprint density at radius 3 is 2.52 bits per heavy atom. The number of nitrogens with one attached hydrogen (secondary N) is 1. The molecule has 10 heteroatoms. The maximum Gasteiger partial charge on any atom is 0.276 e. The van der Waals surface area contributed by atoms with E-state index in [4.69, 9.17) is 0 Å². The van der Waals surface area contributed by atoms with Gasteiger partial charge in [0.25, 0.3) is 15.7 Å². The van der Waals surface area contributed by atoms with Crippen LogP contribution >= 0.6 is 0 Å². The minimum Gasteiger partial charge on any atom is -0.508 e. The van der Waals surface area contributed by atoms with Gasteiger partial charge in [-0.05, 0) is 38.1 Å². The van der Waals surface area contributed by atoms with Crippen LogP contribution in [0, 0.1) is 17.0 Å². The first-order valence-corrected chi connectivity index (χ1v) is 8.43. The smallest absolute Gasteiger partial charge is 0.276 e. The fraction of sp³-hybridized carbons (Fsp3) is 0.133. The van der Waals surface area contributed by atoms with E-state index in [1.807, 2.05) is 4.83 Å². The fourth-order valence-corrected chi connectivity index (χ4v) is 2.88. The second-order valence-corrected chi connectivity index (χ2v) is 6.86. The number of nitro groups is 1. The van der Waals surface area contributed by atoms with Crippen LogP contribution in [0.5, 0.6) is 11.5 Å². The Kier molecular flexibility index (Phi) is 4.93. The molecule has 2 aromatic rings. The van der Waals surface area contributed by atoms with Crippen LogP contribution in [0.4, 0.5) is 5.69 Å². The van der Waals surface area contributed by atoms with Crippen LogP contribution in [0.25, 0.3) is 0 Å². The molecule has 0 spiro atoms. The van der Waals surface area contributed by atoms with Gasteiger partial charge < -0.3 is 10.2 Å². The van der Waals surface area contributed by atoms with Crippen molar-refractivity contribution in [1.82, 2.24) is 4.83 Å². The number of aryl methyl sites for hydroxylation is 1. The summed E-state index contributed by atoms with van der Waals surface area (Å²) in [5, 5.41) is 33.8. The van der Waals surface area contributed by atoms with Gasteiger partial charge >= 0.3 is 0 Å². The third-order valence-corrected chi connectivity index (χ3v) is 4.60. The molecule has 0 bridgehead atoms. The van der Waals surface area contributed by atoms with Crippen molar-refractivity contribution in [2.24, 2.45) is 5.10 Å². The summed E-state index contributed by atoms with van der Waals surface area (Å²) in [6, 6.07) is 7.21. The Morgan fingerprint density at radius 2 is 1.88 bits per heavy atom. The number of nitrogens with zero attached hydrogens (tertiary/aromatic N) is 2. The predicted molar refractivity (Wildman–Crippen MR) is 90.1 cm³/mol. The molecular weight excluding hydrogens is 350 g/mol. The molecule has 0 amide bonds. The number of nitro benzene ring substituents is 1. The van der Waals surface area contributed by atoms with E-state index in [1.54, 1.807) is 0 Å². The Hall–Kier alpha value is -3.14. The van der Waals surface area contributed by atoms with E-state index in [2.05, 4.69) is 5.10 Å². The summed E-state index contributed by atoms with van der Waals surface area (Å²) in [5.41, 5.74) is 0.235. The first kappa shape index (κ1) is 18.2. The summed E-state index contributed by atoms with van der Waals surface area (Å²) < 4.78 is 24.5. The molecule has 0 unspecified atom stereocenters. The molecule has 9 nitrogen and oxygen atoms in total. The summed E-state index contributed by atoms with van der Waals surface area (Å²) >= 11 is 0. The van der Waals surface area contributed by atoms with Gasteiger partial charge in [0.2, 0.25) is 0 Å². The largest absolute Gasteiger partial charge is 0.508 e. The first-order chi connectivity index (χ1) is 11.6. The molecule has 3 N–H and O–H groups in total. The zero-order valence-electron chi connectivity index (χ0n) is 13.3. The molecule has 0 atom stereocenters. The maximum absolute atomic E-state index is 12.3. The van der Waals surface area contributed by atoms with Crippen LogP contribution < -0.4 is 4.83 Å². The van der Waals surface area contributed by atoms with Gasteiger partial charge in [-0.25, -0.2) is 0 Å². The highest BCUT2D eigenvalue weighted by Gasteiger charge is 2.19. The second kappa shape index (κ2) is 6.77. The number of hydrogen-bond acceptors (Lipinski definition) is 7. The third-order valence-electron chi connectivity index (χ3n) is 3.39. The molecule has 0 saturated heterocycles. The first-order valence-electron chi connectivity index (χ1n) is 6.95. The van der Waals surface area contributed by atoms with Gasteiger partial charge in [-0.15, -0.1) is 0 Å². The van der Waals surface area contributed by atoms with Gasteiger partial charge in [0, 0.05) is 17.2 Å². The zero-order valence-corrected chi connectivity index (χ0v) is 14.1. The minimum absolute atomic E-state index is 0.0959. The van der Waals surface area contributed by atoms with E-state index in [0.29, 0.717) is 5.56 Å².